The Morgan fingerprint density at radius 3 is 2.30 bits per heavy atom. The molecule has 1 aromatic carbocycles. The number of carbonyl (C=O) groups is 3. The number of carbonyl (C=O) groups excluding carboxylic acids is 3. The molecule has 1 aliphatic carbocycles. The zero-order valence-electron chi connectivity index (χ0n) is 16.3. The van der Waals surface area contributed by atoms with Gasteiger partial charge in [0, 0.05) is 37.3 Å². The van der Waals surface area contributed by atoms with Gasteiger partial charge in [0.15, 0.2) is 0 Å². The fraction of sp³-hybridized carbons (Fsp3) is 0.571. The fourth-order valence-corrected chi connectivity index (χ4v) is 4.31. The largest absolute Gasteiger partial charge is 0.339 e. The minimum atomic E-state index is -0.308. The van der Waals surface area contributed by atoms with Crippen molar-refractivity contribution in [1.29, 1.82) is 0 Å². The van der Waals surface area contributed by atoms with Crippen molar-refractivity contribution >= 4 is 29.1 Å². The smallest absolute Gasteiger partial charge is 0.229 e. The summed E-state index contributed by atoms with van der Waals surface area (Å²) >= 11 is 0. The van der Waals surface area contributed by atoms with Crippen LogP contribution < -0.4 is 10.6 Å². The molecule has 0 spiro atoms. The van der Waals surface area contributed by atoms with Crippen LogP contribution in [0, 0.1) is 17.8 Å². The van der Waals surface area contributed by atoms with E-state index in [-0.39, 0.29) is 36.1 Å². The summed E-state index contributed by atoms with van der Waals surface area (Å²) in [4.78, 5) is 38.2. The molecule has 2 aliphatic rings. The molecule has 146 valence electrons. The van der Waals surface area contributed by atoms with Crippen molar-refractivity contribution in [3.8, 4) is 0 Å². The van der Waals surface area contributed by atoms with Crippen LogP contribution in [0.2, 0.25) is 0 Å². The number of anilines is 2. The molecule has 4 atom stereocenters. The molecule has 1 saturated carbocycles. The molecule has 2 fully saturated rings. The molecule has 1 heterocycles. The maximum Gasteiger partial charge on any atom is 0.229 e. The highest BCUT2D eigenvalue weighted by Gasteiger charge is 2.41. The van der Waals surface area contributed by atoms with Crippen molar-refractivity contribution in [2.45, 2.75) is 52.5 Å². The highest BCUT2D eigenvalue weighted by atomic mass is 16.2. The second-order valence-corrected chi connectivity index (χ2v) is 8.03. The molecule has 6 nitrogen and oxygen atoms in total. The van der Waals surface area contributed by atoms with Crippen LogP contribution in [-0.2, 0) is 14.4 Å². The molecule has 0 aromatic heterocycles. The summed E-state index contributed by atoms with van der Waals surface area (Å²) in [6.45, 7) is 6.45. The van der Waals surface area contributed by atoms with Gasteiger partial charge in [0.05, 0.1) is 5.92 Å². The molecule has 1 aromatic rings. The van der Waals surface area contributed by atoms with E-state index in [0.717, 1.165) is 12.8 Å². The van der Waals surface area contributed by atoms with Crippen molar-refractivity contribution in [1.82, 2.24) is 4.90 Å². The predicted molar refractivity (Wildman–Crippen MR) is 105 cm³/mol. The van der Waals surface area contributed by atoms with E-state index in [2.05, 4.69) is 24.5 Å². The summed E-state index contributed by atoms with van der Waals surface area (Å²) in [5, 5.41) is 5.59. The molecule has 1 saturated heterocycles. The van der Waals surface area contributed by atoms with Gasteiger partial charge in [-0.25, -0.2) is 0 Å². The number of amides is 3. The number of nitrogens with zero attached hydrogens (tertiary/aromatic N) is 1. The van der Waals surface area contributed by atoms with Gasteiger partial charge in [0.25, 0.3) is 0 Å². The van der Waals surface area contributed by atoms with Crippen molar-refractivity contribution in [3.63, 3.8) is 0 Å². The van der Waals surface area contributed by atoms with Crippen LogP contribution in [0.25, 0.3) is 0 Å². The SMILES string of the molecule is CC(=O)Nc1ccc(NC(=O)[C@@H]2CC(=O)N([C@H]3CCC[C@@H](C)[C@H]3C)C2)cc1. The monoisotopic (exact) mass is 371 g/mol. The standard InChI is InChI=1S/C21H29N3O3/c1-13-5-4-6-19(14(13)2)24-12-16(11-20(24)26)21(27)23-18-9-7-17(8-10-18)22-15(3)25/h7-10,13-14,16,19H,4-6,11-12H2,1-3H3,(H,22,25)(H,23,27)/t13-,14-,16-,19+/m1/s1. The van der Waals surface area contributed by atoms with E-state index in [1.54, 1.807) is 24.3 Å². The van der Waals surface area contributed by atoms with E-state index in [1.165, 1.54) is 13.3 Å². The lowest BCUT2D eigenvalue weighted by molar-refractivity contribution is -0.131. The average Bonchev–Trinajstić information content (AvgIpc) is 3.00. The third kappa shape index (κ3) is 4.49. The van der Waals surface area contributed by atoms with Crippen LogP contribution in [-0.4, -0.2) is 35.2 Å². The Kier molecular flexibility index (Phi) is 5.82. The van der Waals surface area contributed by atoms with Gasteiger partial charge in [0.2, 0.25) is 17.7 Å². The molecule has 6 heteroatoms. The minimum Gasteiger partial charge on any atom is -0.339 e. The predicted octanol–water partition coefficient (Wildman–Crippen LogP) is 3.26. The Bertz CT molecular complexity index is 716. The molecule has 1 aliphatic heterocycles. The van der Waals surface area contributed by atoms with Crippen molar-refractivity contribution in [3.05, 3.63) is 24.3 Å². The maximum absolute atomic E-state index is 12.6. The van der Waals surface area contributed by atoms with E-state index in [9.17, 15) is 14.4 Å². The van der Waals surface area contributed by atoms with Gasteiger partial charge >= 0.3 is 0 Å². The molecular weight excluding hydrogens is 342 g/mol. The topological polar surface area (TPSA) is 78.5 Å². The average molecular weight is 371 g/mol. The summed E-state index contributed by atoms with van der Waals surface area (Å²) in [5.74, 6) is 0.633. The first-order valence-corrected chi connectivity index (χ1v) is 9.83. The van der Waals surface area contributed by atoms with Crippen molar-refractivity contribution < 1.29 is 14.4 Å². The van der Waals surface area contributed by atoms with Gasteiger partial charge in [-0.15, -0.1) is 0 Å². The number of nitrogens with one attached hydrogen (secondary N) is 2. The van der Waals surface area contributed by atoms with Gasteiger partial charge < -0.3 is 15.5 Å². The quantitative estimate of drug-likeness (QED) is 0.853. The van der Waals surface area contributed by atoms with Crippen molar-refractivity contribution in [2.75, 3.05) is 17.2 Å². The first-order valence-electron chi connectivity index (χ1n) is 9.83. The van der Waals surface area contributed by atoms with E-state index in [4.69, 9.17) is 0 Å². The van der Waals surface area contributed by atoms with E-state index in [1.807, 2.05) is 4.90 Å². The molecule has 27 heavy (non-hydrogen) atoms. The summed E-state index contributed by atoms with van der Waals surface area (Å²) in [6, 6.07) is 7.25. The lowest BCUT2D eigenvalue weighted by Gasteiger charge is -2.40. The maximum atomic E-state index is 12.6. The molecule has 3 amide bonds. The minimum absolute atomic E-state index is 0.0992. The fourth-order valence-electron chi connectivity index (χ4n) is 4.31. The van der Waals surface area contributed by atoms with E-state index >= 15 is 0 Å². The molecular formula is C21H29N3O3. The molecule has 0 unspecified atom stereocenters. The van der Waals surface area contributed by atoms with Crippen molar-refractivity contribution in [2.24, 2.45) is 17.8 Å². The van der Waals surface area contributed by atoms with Crippen LogP contribution in [0.15, 0.2) is 24.3 Å². The van der Waals surface area contributed by atoms with Gasteiger partial charge in [-0.1, -0.05) is 26.7 Å². The number of rotatable bonds is 4. The zero-order chi connectivity index (χ0) is 19.6. The lowest BCUT2D eigenvalue weighted by atomic mass is 9.77. The summed E-state index contributed by atoms with van der Waals surface area (Å²) in [5.41, 5.74) is 1.35. The van der Waals surface area contributed by atoms with Gasteiger partial charge in [-0.3, -0.25) is 14.4 Å². The lowest BCUT2D eigenvalue weighted by Crippen LogP contribution is -2.45. The highest BCUT2D eigenvalue weighted by Crippen LogP contribution is 2.36. The van der Waals surface area contributed by atoms with Gasteiger partial charge in [0.1, 0.15) is 0 Å². The number of benzene rings is 1. The molecule has 0 bridgehead atoms. The van der Waals surface area contributed by atoms with E-state index in [0.29, 0.717) is 29.8 Å². The second-order valence-electron chi connectivity index (χ2n) is 8.03. The third-order valence-electron chi connectivity index (χ3n) is 6.07. The van der Waals surface area contributed by atoms with Crippen LogP contribution >= 0.6 is 0 Å². The Morgan fingerprint density at radius 2 is 1.67 bits per heavy atom. The first-order chi connectivity index (χ1) is 12.8. The normalized spacial score (nSPS) is 28.1. The zero-order valence-corrected chi connectivity index (χ0v) is 16.3. The first kappa shape index (κ1) is 19.4. The van der Waals surface area contributed by atoms with Crippen LogP contribution in [0.3, 0.4) is 0 Å². The van der Waals surface area contributed by atoms with Crippen LogP contribution in [0.1, 0.15) is 46.5 Å². The van der Waals surface area contributed by atoms with E-state index < -0.39 is 0 Å². The summed E-state index contributed by atoms with van der Waals surface area (Å²) in [6.07, 6.45) is 3.69. The second kappa shape index (κ2) is 8.11. The Hall–Kier alpha value is -2.37. The number of hydrogen-bond donors (Lipinski definition) is 2. The molecule has 2 N–H and O–H groups in total. The summed E-state index contributed by atoms with van der Waals surface area (Å²) < 4.78 is 0. The molecule has 0 radical (unpaired) electrons. The van der Waals surface area contributed by atoms with Crippen LogP contribution in [0.5, 0.6) is 0 Å². The third-order valence-corrected chi connectivity index (χ3v) is 6.07. The van der Waals surface area contributed by atoms with Gasteiger partial charge in [-0.05, 0) is 42.5 Å². The van der Waals surface area contributed by atoms with Crippen LogP contribution in [0.4, 0.5) is 11.4 Å². The number of hydrogen-bond acceptors (Lipinski definition) is 3. The Balaban J connectivity index is 1.59. The Labute approximate surface area is 160 Å². The van der Waals surface area contributed by atoms with Gasteiger partial charge in [-0.2, -0.15) is 0 Å². The molecule has 3 rings (SSSR count). The summed E-state index contributed by atoms with van der Waals surface area (Å²) in [7, 11) is 0. The highest BCUT2D eigenvalue weighted by molar-refractivity contribution is 5.97. The Morgan fingerprint density at radius 1 is 1.04 bits per heavy atom. The number of likely N-dealkylation sites (tertiary alicyclic amines) is 1.